The van der Waals surface area contributed by atoms with E-state index in [2.05, 4.69) is 0 Å². The lowest BCUT2D eigenvalue weighted by atomic mass is 10.3. The minimum atomic E-state index is -2.14. The molecule has 4 aromatic carbocycles. The van der Waals surface area contributed by atoms with Gasteiger partial charge in [0.05, 0.1) is 8.41 Å². The summed E-state index contributed by atoms with van der Waals surface area (Å²) in [7, 11) is 0. The first kappa shape index (κ1) is 40.5. The summed E-state index contributed by atoms with van der Waals surface area (Å²) in [6, 6.07) is -0.247. The molecule has 246 valence electrons. The molecule has 0 fully saturated rings. The van der Waals surface area contributed by atoms with Crippen LogP contribution in [0, 0.1) is 116 Å². The molecule has 0 nitrogen and oxygen atoms in total. The van der Waals surface area contributed by atoms with Crippen molar-refractivity contribution in [2.45, 2.75) is 0 Å². The molecule has 0 saturated heterocycles. The van der Waals surface area contributed by atoms with Crippen LogP contribution >= 0.6 is 0 Å². The highest BCUT2D eigenvalue weighted by Crippen LogP contribution is 2.19. The van der Waals surface area contributed by atoms with Gasteiger partial charge in [-0.15, -0.1) is 0 Å². The largest absolute Gasteiger partial charge is 0.204 e. The molecule has 0 N–H and O–H groups in total. The Balaban J connectivity index is 0.000000569. The molecule has 0 bridgehead atoms. The Morgan fingerprint density at radius 1 is 0.178 bits per heavy atom. The van der Waals surface area contributed by atoms with Gasteiger partial charge in [-0.3, -0.25) is 0 Å². The zero-order valence-electron chi connectivity index (χ0n) is 19.9. The van der Waals surface area contributed by atoms with E-state index in [-0.39, 0.29) is 32.7 Å². The first-order valence-corrected chi connectivity index (χ1v) is 10.1. The smallest absolute Gasteiger partial charge is 0.200 e. The summed E-state index contributed by atoms with van der Waals surface area (Å²) in [5, 5.41) is 0. The van der Waals surface area contributed by atoms with Gasteiger partial charge in [0.15, 0.2) is 93.1 Å². The third-order valence-electron chi connectivity index (χ3n) is 4.23. The summed E-state index contributed by atoms with van der Waals surface area (Å²) in [5.41, 5.74) is 0. The van der Waals surface area contributed by atoms with Gasteiger partial charge < -0.3 is 0 Å². The van der Waals surface area contributed by atoms with Crippen molar-refractivity contribution in [1.82, 2.24) is 0 Å². The van der Waals surface area contributed by atoms with Gasteiger partial charge in [0.25, 0.3) is 0 Å². The van der Waals surface area contributed by atoms with Gasteiger partial charge >= 0.3 is 0 Å². The van der Waals surface area contributed by atoms with Crippen molar-refractivity contribution in [2.24, 2.45) is 0 Å². The molecule has 45 heavy (non-hydrogen) atoms. The van der Waals surface area contributed by atoms with Crippen LogP contribution in [0.15, 0.2) is 24.3 Å². The first-order valence-electron chi connectivity index (χ1n) is 10.1. The predicted octanol–water partition coefficient (Wildman–Crippen LogP) is 8.34. The number of halogens is 20. The highest BCUT2D eigenvalue weighted by Gasteiger charge is 2.21. The molecule has 0 radical (unpaired) electrons. The lowest BCUT2D eigenvalue weighted by molar-refractivity contribution is 0.378. The van der Waals surface area contributed by atoms with Crippen molar-refractivity contribution in [3.8, 4) is 0 Å². The van der Waals surface area contributed by atoms with E-state index in [9.17, 15) is 87.8 Å². The molecule has 0 unspecified atom stereocenters. The Morgan fingerprint density at radius 3 is 0.356 bits per heavy atom. The molecule has 4 aromatic rings. The molecule has 0 aromatic heterocycles. The Kier molecular flexibility index (Phi) is 14.9. The fourth-order valence-electron chi connectivity index (χ4n) is 2.18. The topological polar surface area (TPSA) is 0 Å². The minimum Gasteiger partial charge on any atom is -0.204 e. The van der Waals surface area contributed by atoms with Gasteiger partial charge in [0.2, 0.25) is 23.3 Å². The van der Waals surface area contributed by atoms with Crippen molar-refractivity contribution in [1.29, 1.82) is 0 Å². The molecular formula is C24H7BF20. The van der Waals surface area contributed by atoms with Crippen molar-refractivity contribution < 1.29 is 87.8 Å². The van der Waals surface area contributed by atoms with E-state index in [1.165, 1.54) is 0 Å². The Labute approximate surface area is 237 Å². The van der Waals surface area contributed by atoms with Crippen molar-refractivity contribution in [2.75, 3.05) is 0 Å². The van der Waals surface area contributed by atoms with E-state index in [0.717, 1.165) is 0 Å². The molecule has 0 spiro atoms. The van der Waals surface area contributed by atoms with Crippen LogP contribution in [0.5, 0.6) is 0 Å². The molecule has 0 saturated carbocycles. The van der Waals surface area contributed by atoms with Crippen LogP contribution in [-0.4, -0.2) is 8.41 Å². The monoisotopic (exact) mass is 686 g/mol. The van der Waals surface area contributed by atoms with Crippen LogP contribution in [0.1, 0.15) is 0 Å². The highest BCUT2D eigenvalue weighted by atomic mass is 19.2. The Hall–Kier alpha value is -4.46. The lowest BCUT2D eigenvalue weighted by Gasteiger charge is -1.96. The highest BCUT2D eigenvalue weighted by molar-refractivity contribution is 5.75. The maximum absolute atomic E-state index is 12.0. The number of benzene rings is 4. The predicted molar refractivity (Wildman–Crippen MR) is 115 cm³/mol. The van der Waals surface area contributed by atoms with Gasteiger partial charge in [-0.2, -0.15) is 0 Å². The zero-order valence-corrected chi connectivity index (χ0v) is 19.9. The third-order valence-corrected chi connectivity index (χ3v) is 4.23. The van der Waals surface area contributed by atoms with E-state index < -0.39 is 116 Å². The summed E-state index contributed by atoms with van der Waals surface area (Å²) in [6.45, 7) is 0. The van der Waals surface area contributed by atoms with Crippen LogP contribution in [-0.2, 0) is 0 Å². The standard InChI is InChI=1S/4C6HF5.BH3/c4*7-2-1-3(8)5(10)6(11)4(2)9;/h4*1H;1H3. The van der Waals surface area contributed by atoms with E-state index in [4.69, 9.17) is 0 Å². The molecule has 0 aliphatic rings. The van der Waals surface area contributed by atoms with Crippen molar-refractivity contribution in [3.05, 3.63) is 141 Å². The lowest BCUT2D eigenvalue weighted by Crippen LogP contribution is -1.98. The first-order chi connectivity index (χ1) is 20.1. The number of rotatable bonds is 0. The van der Waals surface area contributed by atoms with E-state index in [0.29, 0.717) is 0 Å². The maximum atomic E-state index is 12.0. The normalized spacial score (nSPS) is 10.0. The van der Waals surface area contributed by atoms with Gasteiger partial charge in [0.1, 0.15) is 0 Å². The fraction of sp³-hybridized carbons (Fsp3) is 0. The number of hydrogen-bond acceptors (Lipinski definition) is 0. The van der Waals surface area contributed by atoms with Gasteiger partial charge in [-0.1, -0.05) is 0 Å². The molecule has 0 aliphatic heterocycles. The third kappa shape index (κ3) is 9.77. The zero-order chi connectivity index (χ0) is 34.4. The quantitative estimate of drug-likeness (QED) is 0.0756. The Bertz CT molecular complexity index is 1320. The number of hydrogen-bond donors (Lipinski definition) is 0. The van der Waals surface area contributed by atoms with Crippen LogP contribution in [0.25, 0.3) is 0 Å². The van der Waals surface area contributed by atoms with Crippen molar-refractivity contribution >= 4 is 8.41 Å². The molecule has 0 aliphatic carbocycles. The molecule has 0 heterocycles. The molecule has 4 rings (SSSR count). The molecule has 0 amide bonds. The van der Waals surface area contributed by atoms with Gasteiger partial charge in [-0.05, 0) is 0 Å². The summed E-state index contributed by atoms with van der Waals surface area (Å²) in [4.78, 5) is 0. The minimum absolute atomic E-state index is 0. The average Bonchev–Trinajstić information content (AvgIpc) is 2.97. The average molecular weight is 686 g/mol. The summed E-state index contributed by atoms with van der Waals surface area (Å²) < 4.78 is 240. The second-order valence-electron chi connectivity index (χ2n) is 7.13. The molecular weight excluding hydrogens is 679 g/mol. The van der Waals surface area contributed by atoms with Gasteiger partial charge in [0, 0.05) is 24.3 Å². The van der Waals surface area contributed by atoms with E-state index in [1.807, 2.05) is 0 Å². The van der Waals surface area contributed by atoms with Crippen LogP contribution in [0.2, 0.25) is 0 Å². The van der Waals surface area contributed by atoms with Crippen molar-refractivity contribution in [3.63, 3.8) is 0 Å². The SMILES string of the molecule is B.Fc1cc(F)c(F)c(F)c1F.Fc1cc(F)c(F)c(F)c1F.Fc1cc(F)c(F)c(F)c1F.Fc1cc(F)c(F)c(F)c1F. The fourth-order valence-corrected chi connectivity index (χ4v) is 2.18. The maximum Gasteiger partial charge on any atom is 0.200 e. The second-order valence-corrected chi connectivity index (χ2v) is 7.13. The Morgan fingerprint density at radius 2 is 0.267 bits per heavy atom. The van der Waals surface area contributed by atoms with Gasteiger partial charge in [-0.25, -0.2) is 87.8 Å². The summed E-state index contributed by atoms with van der Waals surface area (Å²) >= 11 is 0. The summed E-state index contributed by atoms with van der Waals surface area (Å²) in [5.74, 6) is -38.6. The van der Waals surface area contributed by atoms with E-state index >= 15 is 0 Å². The van der Waals surface area contributed by atoms with E-state index in [1.54, 1.807) is 0 Å². The second kappa shape index (κ2) is 16.6. The molecule has 21 heteroatoms. The van der Waals surface area contributed by atoms with Crippen LogP contribution in [0.3, 0.4) is 0 Å². The van der Waals surface area contributed by atoms with Crippen LogP contribution in [0.4, 0.5) is 87.8 Å². The molecule has 0 atom stereocenters. The van der Waals surface area contributed by atoms with Crippen LogP contribution < -0.4 is 0 Å². The summed E-state index contributed by atoms with van der Waals surface area (Å²) in [6.07, 6.45) is 0.